The molecule has 0 heterocycles. The Balaban J connectivity index is 3.35. The average molecular weight is 447 g/mol. The minimum Gasteiger partial charge on any atom is -0.282 e. The first-order valence-corrected chi connectivity index (χ1v) is 13.0. The van der Waals surface area contributed by atoms with Gasteiger partial charge in [0.2, 0.25) is 0 Å². The predicted octanol–water partition coefficient (Wildman–Crippen LogP) is 8.18. The van der Waals surface area contributed by atoms with E-state index in [0.29, 0.717) is 12.0 Å². The van der Waals surface area contributed by atoms with Crippen molar-refractivity contribution in [2.45, 2.75) is 98.3 Å². The maximum atomic E-state index is 11.8. The minimum absolute atomic E-state index is 0.0206. The van der Waals surface area contributed by atoms with Crippen LogP contribution in [-0.2, 0) is 16.5 Å². The smallest absolute Gasteiger partial charge is 0.282 e. The lowest BCUT2D eigenvalue weighted by atomic mass is 9.73. The zero-order valence-corrected chi connectivity index (χ0v) is 21.5. The van der Waals surface area contributed by atoms with E-state index in [0.717, 1.165) is 44.1 Å². The summed E-state index contributed by atoms with van der Waals surface area (Å²) in [4.78, 5) is 0.0206. The molecular formula is C27H42O3S. The molecule has 0 unspecified atom stereocenters. The standard InChI is InChI=1S/C27H42O3S/c1-9-13-14-24-18-22(15-16-26(24)31(28,29)30)19-25(12-4)27(7,8)21(6)17-20(5)23(10-2)11-3/h15-16,18-19H,6,9-14,17H2,1-5,7-8H3,(H,28,29,30). The molecule has 0 bridgehead atoms. The van der Waals surface area contributed by atoms with Crippen molar-refractivity contribution in [1.29, 1.82) is 0 Å². The molecule has 0 amide bonds. The summed E-state index contributed by atoms with van der Waals surface area (Å²) < 4.78 is 33.2. The molecule has 0 saturated carbocycles. The first-order valence-electron chi connectivity index (χ1n) is 11.6. The highest BCUT2D eigenvalue weighted by molar-refractivity contribution is 7.85. The number of hydrogen-bond acceptors (Lipinski definition) is 2. The fourth-order valence-electron chi connectivity index (χ4n) is 4.18. The molecule has 174 valence electrons. The molecule has 1 N–H and O–H groups in total. The van der Waals surface area contributed by atoms with Gasteiger partial charge in [0.15, 0.2) is 0 Å². The van der Waals surface area contributed by atoms with Gasteiger partial charge in [0.25, 0.3) is 10.1 Å². The van der Waals surface area contributed by atoms with Crippen LogP contribution >= 0.6 is 0 Å². The highest BCUT2D eigenvalue weighted by atomic mass is 32.2. The summed E-state index contributed by atoms with van der Waals surface area (Å²) in [6.45, 7) is 19.7. The van der Waals surface area contributed by atoms with E-state index in [9.17, 15) is 13.0 Å². The van der Waals surface area contributed by atoms with E-state index in [4.69, 9.17) is 0 Å². The van der Waals surface area contributed by atoms with Crippen LogP contribution in [0.3, 0.4) is 0 Å². The summed E-state index contributed by atoms with van der Waals surface area (Å²) in [5.41, 5.74) is 6.84. The van der Waals surface area contributed by atoms with Gasteiger partial charge in [-0.25, -0.2) is 0 Å². The molecule has 0 aliphatic rings. The van der Waals surface area contributed by atoms with Crippen LogP contribution in [0.2, 0.25) is 0 Å². The summed E-state index contributed by atoms with van der Waals surface area (Å²) in [6, 6.07) is 5.22. The molecule has 1 rings (SSSR count). The van der Waals surface area contributed by atoms with Gasteiger partial charge in [-0.05, 0) is 62.6 Å². The van der Waals surface area contributed by atoms with Crippen molar-refractivity contribution in [2.24, 2.45) is 5.41 Å². The number of aryl methyl sites for hydroxylation is 1. The summed E-state index contributed by atoms with van der Waals surface area (Å²) >= 11 is 0. The largest absolute Gasteiger partial charge is 0.294 e. The van der Waals surface area contributed by atoms with Gasteiger partial charge < -0.3 is 0 Å². The Hall–Kier alpha value is -1.65. The lowest BCUT2D eigenvalue weighted by Crippen LogP contribution is -2.18. The third-order valence-corrected chi connectivity index (χ3v) is 7.46. The van der Waals surface area contributed by atoms with E-state index in [1.165, 1.54) is 28.4 Å². The Kier molecular flexibility index (Phi) is 10.4. The van der Waals surface area contributed by atoms with Crippen molar-refractivity contribution in [1.82, 2.24) is 0 Å². The number of unbranched alkanes of at least 4 members (excludes halogenated alkanes) is 1. The van der Waals surface area contributed by atoms with E-state index >= 15 is 0 Å². The Morgan fingerprint density at radius 1 is 1.10 bits per heavy atom. The maximum Gasteiger partial charge on any atom is 0.294 e. The zero-order valence-electron chi connectivity index (χ0n) is 20.6. The van der Waals surface area contributed by atoms with Gasteiger partial charge in [0, 0.05) is 5.41 Å². The fraction of sp³-hybridized carbons (Fsp3) is 0.556. The SMILES string of the molecule is C=C(CC(C)=C(CC)CC)C(C)(C)C(=Cc1ccc(S(=O)(=O)O)c(CCCC)c1)CC. The van der Waals surface area contributed by atoms with Gasteiger partial charge in [0.05, 0.1) is 4.90 Å². The van der Waals surface area contributed by atoms with Crippen LogP contribution in [0.4, 0.5) is 0 Å². The lowest BCUT2D eigenvalue weighted by Gasteiger charge is -2.31. The second kappa shape index (κ2) is 11.8. The third kappa shape index (κ3) is 7.47. The Bertz CT molecular complexity index is 925. The topological polar surface area (TPSA) is 54.4 Å². The van der Waals surface area contributed by atoms with E-state index in [-0.39, 0.29) is 10.3 Å². The normalized spacial score (nSPS) is 12.7. The van der Waals surface area contributed by atoms with E-state index in [1.54, 1.807) is 6.07 Å². The van der Waals surface area contributed by atoms with Crippen LogP contribution in [0.5, 0.6) is 0 Å². The van der Waals surface area contributed by atoms with Crippen LogP contribution in [-0.4, -0.2) is 13.0 Å². The zero-order chi connectivity index (χ0) is 23.8. The molecule has 0 aliphatic heterocycles. The van der Waals surface area contributed by atoms with Crippen LogP contribution < -0.4 is 0 Å². The molecule has 1 aromatic rings. The van der Waals surface area contributed by atoms with E-state index in [2.05, 4.69) is 61.1 Å². The summed E-state index contributed by atoms with van der Waals surface area (Å²) in [5, 5.41) is 0. The summed E-state index contributed by atoms with van der Waals surface area (Å²) in [5.74, 6) is 0. The monoisotopic (exact) mass is 446 g/mol. The van der Waals surface area contributed by atoms with E-state index < -0.39 is 10.1 Å². The van der Waals surface area contributed by atoms with Crippen molar-refractivity contribution in [3.63, 3.8) is 0 Å². The maximum absolute atomic E-state index is 11.8. The molecule has 1 aromatic carbocycles. The van der Waals surface area contributed by atoms with Crippen LogP contribution in [0, 0.1) is 5.41 Å². The third-order valence-electron chi connectivity index (χ3n) is 6.51. The van der Waals surface area contributed by atoms with Crippen LogP contribution in [0.25, 0.3) is 6.08 Å². The van der Waals surface area contributed by atoms with Gasteiger partial charge in [-0.2, -0.15) is 8.42 Å². The molecule has 0 saturated heterocycles. The Labute approximate surface area is 191 Å². The van der Waals surface area contributed by atoms with Gasteiger partial charge in [0.1, 0.15) is 0 Å². The number of rotatable bonds is 12. The summed E-state index contributed by atoms with van der Waals surface area (Å²) in [6.07, 6.45) is 8.56. The molecular weight excluding hydrogens is 404 g/mol. The molecule has 0 fully saturated rings. The molecule has 4 heteroatoms. The highest BCUT2D eigenvalue weighted by Gasteiger charge is 2.26. The predicted molar refractivity (Wildman–Crippen MR) is 134 cm³/mol. The molecule has 0 aliphatic carbocycles. The Morgan fingerprint density at radius 3 is 2.19 bits per heavy atom. The van der Waals surface area contributed by atoms with Crippen molar-refractivity contribution in [3.05, 3.63) is 58.2 Å². The first kappa shape index (κ1) is 27.4. The van der Waals surface area contributed by atoms with Crippen LogP contribution in [0.1, 0.15) is 98.1 Å². The molecule has 0 radical (unpaired) electrons. The van der Waals surface area contributed by atoms with Crippen molar-refractivity contribution in [3.8, 4) is 0 Å². The quantitative estimate of drug-likeness (QED) is 0.260. The minimum atomic E-state index is -4.22. The summed E-state index contributed by atoms with van der Waals surface area (Å²) in [7, 11) is -4.22. The number of hydrogen-bond donors (Lipinski definition) is 1. The number of benzene rings is 1. The second-order valence-corrected chi connectivity index (χ2v) is 10.4. The van der Waals surface area contributed by atoms with Crippen molar-refractivity contribution >= 4 is 16.2 Å². The average Bonchev–Trinajstić information content (AvgIpc) is 2.70. The van der Waals surface area contributed by atoms with Gasteiger partial charge in [-0.15, -0.1) is 0 Å². The molecule has 0 spiro atoms. The van der Waals surface area contributed by atoms with Gasteiger partial charge in [-0.3, -0.25) is 4.55 Å². The number of allylic oxidation sites excluding steroid dienone is 4. The Morgan fingerprint density at radius 2 is 1.71 bits per heavy atom. The van der Waals surface area contributed by atoms with Crippen molar-refractivity contribution < 1.29 is 13.0 Å². The second-order valence-electron chi connectivity index (χ2n) is 8.97. The van der Waals surface area contributed by atoms with Gasteiger partial charge >= 0.3 is 0 Å². The molecule has 0 atom stereocenters. The molecule has 31 heavy (non-hydrogen) atoms. The lowest BCUT2D eigenvalue weighted by molar-refractivity contribution is 0.482. The van der Waals surface area contributed by atoms with Crippen molar-refractivity contribution in [2.75, 3.05) is 0 Å². The van der Waals surface area contributed by atoms with Crippen LogP contribution in [0.15, 0.2) is 52.0 Å². The van der Waals surface area contributed by atoms with Gasteiger partial charge in [-0.1, -0.05) is 95.0 Å². The molecule has 3 nitrogen and oxygen atoms in total. The molecule has 0 aromatic heterocycles. The first-order chi connectivity index (χ1) is 14.4. The fourth-order valence-corrected chi connectivity index (χ4v) is 4.91. The highest BCUT2D eigenvalue weighted by Crippen LogP contribution is 2.40. The van der Waals surface area contributed by atoms with E-state index in [1.807, 2.05) is 6.07 Å².